The number of nitriles is 1. The SMILES string of the molecule is COc1ccc(C2=CC3=C4C(=C5C=C(C)N(C)C5(C)C3(C#N)S2)C(F)(F)C(F)(F)C4(F)F)cc1. The van der Waals surface area contributed by atoms with E-state index in [1.807, 2.05) is 0 Å². The summed E-state index contributed by atoms with van der Waals surface area (Å²) >= 11 is 0.909. The van der Waals surface area contributed by atoms with Crippen molar-refractivity contribution in [1.29, 1.82) is 5.26 Å². The number of nitrogens with zero attached hydrogens (tertiary/aromatic N) is 2. The van der Waals surface area contributed by atoms with Crippen LogP contribution in [0.1, 0.15) is 19.4 Å². The number of benzene rings is 1. The van der Waals surface area contributed by atoms with E-state index in [2.05, 4.69) is 6.07 Å². The van der Waals surface area contributed by atoms with E-state index in [1.54, 1.807) is 31.2 Å². The van der Waals surface area contributed by atoms with Crippen molar-refractivity contribution in [2.75, 3.05) is 14.2 Å². The second-order valence-electron chi connectivity index (χ2n) is 8.85. The molecule has 2 heterocycles. The van der Waals surface area contributed by atoms with E-state index in [9.17, 15) is 14.0 Å². The van der Waals surface area contributed by atoms with Crippen molar-refractivity contribution in [3.63, 3.8) is 0 Å². The average molecular weight is 496 g/mol. The minimum Gasteiger partial charge on any atom is -0.497 e. The maximum Gasteiger partial charge on any atom is 0.380 e. The fourth-order valence-corrected chi connectivity index (χ4v) is 6.86. The number of hydrogen-bond acceptors (Lipinski definition) is 4. The van der Waals surface area contributed by atoms with Crippen LogP contribution in [0.2, 0.25) is 0 Å². The fraction of sp³-hybridized carbons (Fsp3) is 0.375. The summed E-state index contributed by atoms with van der Waals surface area (Å²) in [5.41, 5.74) is -4.42. The highest BCUT2D eigenvalue weighted by Gasteiger charge is 2.85. The van der Waals surface area contributed by atoms with Gasteiger partial charge in [0.05, 0.1) is 18.7 Å². The lowest BCUT2D eigenvalue weighted by Gasteiger charge is -2.50. The Bertz CT molecular complexity index is 1300. The predicted molar refractivity (Wildman–Crippen MR) is 116 cm³/mol. The Balaban J connectivity index is 1.88. The van der Waals surface area contributed by atoms with Crippen molar-refractivity contribution < 1.29 is 31.1 Å². The highest BCUT2D eigenvalue weighted by Crippen LogP contribution is 2.72. The number of hydrogen-bond donors (Lipinski definition) is 0. The molecule has 0 N–H and O–H groups in total. The topological polar surface area (TPSA) is 36.3 Å². The van der Waals surface area contributed by atoms with Crippen molar-refractivity contribution in [3.05, 3.63) is 70.0 Å². The van der Waals surface area contributed by atoms with Crippen LogP contribution in [-0.4, -0.2) is 47.1 Å². The molecule has 0 saturated heterocycles. The first kappa shape index (κ1) is 23.0. The van der Waals surface area contributed by atoms with Gasteiger partial charge < -0.3 is 9.64 Å². The van der Waals surface area contributed by atoms with E-state index in [0.29, 0.717) is 21.9 Å². The molecule has 1 saturated carbocycles. The number of fused-ring (bicyclic) bond motifs is 4. The van der Waals surface area contributed by atoms with Gasteiger partial charge in [-0.2, -0.15) is 31.6 Å². The van der Waals surface area contributed by atoms with Gasteiger partial charge in [0.1, 0.15) is 5.75 Å². The number of alkyl halides is 6. The lowest BCUT2D eigenvalue weighted by atomic mass is 9.67. The first-order valence-corrected chi connectivity index (χ1v) is 11.1. The highest BCUT2D eigenvalue weighted by atomic mass is 32.2. The van der Waals surface area contributed by atoms with Gasteiger partial charge in [-0.25, -0.2) is 0 Å². The normalized spacial score (nSPS) is 32.1. The van der Waals surface area contributed by atoms with E-state index in [-0.39, 0.29) is 5.57 Å². The first-order chi connectivity index (χ1) is 15.7. The smallest absolute Gasteiger partial charge is 0.380 e. The summed E-state index contributed by atoms with van der Waals surface area (Å²) in [7, 11) is 3.00. The van der Waals surface area contributed by atoms with Gasteiger partial charge >= 0.3 is 17.8 Å². The number of thioether (sulfide) groups is 1. The molecule has 34 heavy (non-hydrogen) atoms. The van der Waals surface area contributed by atoms with Gasteiger partial charge in [-0.15, -0.1) is 0 Å². The third-order valence-electron chi connectivity index (χ3n) is 7.42. The number of ether oxygens (including phenoxy) is 1. The Hall–Kier alpha value is -2.80. The molecule has 1 fully saturated rings. The van der Waals surface area contributed by atoms with Gasteiger partial charge in [0.15, 0.2) is 4.75 Å². The summed E-state index contributed by atoms with van der Waals surface area (Å²) in [5, 5.41) is 10.4. The molecular weight excluding hydrogens is 478 g/mol. The zero-order valence-electron chi connectivity index (χ0n) is 18.4. The predicted octanol–water partition coefficient (Wildman–Crippen LogP) is 6.18. The largest absolute Gasteiger partial charge is 0.497 e. The standard InChI is InChI=1S/C24H18F6N2OS/c1-12-9-15-18-19(23(27,28)24(29,30)22(18,25)26)16-10-17(13-5-7-14(33-4)8-6-13)34-21(16,11-31)20(15,2)32(12)3/h5-10H,1-4H3. The summed E-state index contributed by atoms with van der Waals surface area (Å²) in [4.78, 5) is 1.86. The Morgan fingerprint density at radius 2 is 1.50 bits per heavy atom. The maximum absolute atomic E-state index is 15.2. The third kappa shape index (κ3) is 2.22. The Labute approximate surface area is 196 Å². The molecule has 0 radical (unpaired) electrons. The zero-order valence-corrected chi connectivity index (χ0v) is 19.3. The number of halogens is 6. The van der Waals surface area contributed by atoms with Crippen molar-refractivity contribution in [2.24, 2.45) is 0 Å². The summed E-state index contributed by atoms with van der Waals surface area (Å²) in [6.07, 6.45) is 2.39. The van der Waals surface area contributed by atoms with Gasteiger partial charge in [0, 0.05) is 28.8 Å². The fourth-order valence-electron chi connectivity index (χ4n) is 5.34. The van der Waals surface area contributed by atoms with E-state index in [0.717, 1.165) is 11.8 Å². The van der Waals surface area contributed by atoms with Crippen molar-refractivity contribution in [2.45, 2.75) is 41.9 Å². The Morgan fingerprint density at radius 1 is 0.941 bits per heavy atom. The van der Waals surface area contributed by atoms with Crippen LogP contribution in [0.3, 0.4) is 0 Å². The molecule has 178 valence electrons. The summed E-state index contributed by atoms with van der Waals surface area (Å²) in [6.45, 7) is 3.02. The summed E-state index contributed by atoms with van der Waals surface area (Å²) in [5.74, 6) is -15.4. The van der Waals surface area contributed by atoms with Crippen LogP contribution < -0.4 is 4.74 Å². The van der Waals surface area contributed by atoms with Crippen LogP contribution in [0.4, 0.5) is 26.3 Å². The number of methoxy groups -OCH3 is 1. The lowest BCUT2D eigenvalue weighted by molar-refractivity contribution is -0.258. The minimum absolute atomic E-state index is 0.334. The minimum atomic E-state index is -5.65. The number of likely N-dealkylation sites (N-methyl/N-ethyl adjacent to an activating group) is 1. The zero-order chi connectivity index (χ0) is 25.1. The van der Waals surface area contributed by atoms with E-state index in [1.165, 1.54) is 38.1 Å². The molecule has 2 unspecified atom stereocenters. The van der Waals surface area contributed by atoms with Crippen LogP contribution in [0.25, 0.3) is 4.91 Å². The lowest BCUT2D eigenvalue weighted by Crippen LogP contribution is -2.59. The number of allylic oxidation sites excluding steroid dienone is 4. The molecular formula is C24H18F6N2OS. The molecule has 2 aliphatic heterocycles. The van der Waals surface area contributed by atoms with Crippen LogP contribution in [-0.2, 0) is 0 Å². The molecule has 0 spiro atoms. The molecule has 0 bridgehead atoms. The summed E-state index contributed by atoms with van der Waals surface area (Å²) in [6, 6.07) is 8.55. The second-order valence-corrected chi connectivity index (χ2v) is 10.1. The van der Waals surface area contributed by atoms with E-state index in [4.69, 9.17) is 4.74 Å². The second kappa shape index (κ2) is 6.45. The molecule has 4 aliphatic rings. The average Bonchev–Trinajstić information content (AvgIpc) is 3.33. The van der Waals surface area contributed by atoms with Gasteiger partial charge in [0.25, 0.3) is 0 Å². The molecule has 10 heteroatoms. The van der Waals surface area contributed by atoms with Crippen molar-refractivity contribution >= 4 is 16.7 Å². The quantitative estimate of drug-likeness (QED) is 0.459. The van der Waals surface area contributed by atoms with Gasteiger partial charge in [-0.3, -0.25) is 0 Å². The van der Waals surface area contributed by atoms with Crippen LogP contribution in [0.5, 0.6) is 5.75 Å². The molecule has 0 aromatic heterocycles. The molecule has 2 atom stereocenters. The van der Waals surface area contributed by atoms with Crippen LogP contribution in [0, 0.1) is 11.3 Å². The third-order valence-corrected chi connectivity index (χ3v) is 9.01. The number of rotatable bonds is 2. The highest BCUT2D eigenvalue weighted by molar-refractivity contribution is 8.10. The van der Waals surface area contributed by atoms with Gasteiger partial charge in [-0.1, -0.05) is 23.9 Å². The molecule has 1 aromatic rings. The summed E-state index contributed by atoms with van der Waals surface area (Å²) < 4.78 is 93.1. The first-order valence-electron chi connectivity index (χ1n) is 10.2. The molecule has 3 nitrogen and oxygen atoms in total. The van der Waals surface area contributed by atoms with Crippen LogP contribution in [0.15, 0.2) is 64.4 Å². The Morgan fingerprint density at radius 3 is 2.03 bits per heavy atom. The van der Waals surface area contributed by atoms with Crippen molar-refractivity contribution in [3.8, 4) is 11.8 Å². The molecule has 5 rings (SSSR count). The van der Waals surface area contributed by atoms with Crippen molar-refractivity contribution in [1.82, 2.24) is 4.90 Å². The van der Waals surface area contributed by atoms with Gasteiger partial charge in [-0.05, 0) is 54.8 Å². The Kier molecular flexibility index (Phi) is 4.35. The maximum atomic E-state index is 15.2. The van der Waals surface area contributed by atoms with Gasteiger partial charge in [0.2, 0.25) is 0 Å². The monoisotopic (exact) mass is 496 g/mol. The van der Waals surface area contributed by atoms with E-state index < -0.39 is 44.8 Å². The van der Waals surface area contributed by atoms with E-state index >= 15 is 17.6 Å². The molecule has 2 aliphatic carbocycles. The molecule has 0 amide bonds. The van der Waals surface area contributed by atoms with Crippen LogP contribution >= 0.6 is 11.8 Å². The molecule has 1 aromatic carbocycles.